The van der Waals surface area contributed by atoms with Gasteiger partial charge in [0, 0.05) is 37.0 Å². The molecule has 0 bridgehead atoms. The number of unbranched alkanes of at least 4 members (excludes halogenated alkanes) is 3. The van der Waals surface area contributed by atoms with Gasteiger partial charge in [-0.15, -0.1) is 0 Å². The first-order valence-corrected chi connectivity index (χ1v) is 10.9. The standard InChI is InChI=1S/C22H36F2O5/c1-4-9-19(27)22(23,24)16(12-14(2)3)21-15(17(25)13-18(21)26)10-7-5-6-8-11-20(28)29/h14-16,18,21,26H,4-13H2,1-3H3,(H,28,29)/t15-,16?,18+,21+/m0/s1. The van der Waals surface area contributed by atoms with Crippen molar-refractivity contribution in [2.75, 3.05) is 0 Å². The van der Waals surface area contributed by atoms with Crippen LogP contribution in [0.5, 0.6) is 0 Å². The number of hydrogen-bond donors (Lipinski definition) is 2. The molecule has 1 rings (SSSR count). The maximum absolute atomic E-state index is 15.1. The van der Waals surface area contributed by atoms with Crippen LogP contribution in [0.25, 0.3) is 0 Å². The quantitative estimate of drug-likeness (QED) is 0.401. The normalized spacial score (nSPS) is 23.6. The third-order valence-electron chi connectivity index (χ3n) is 5.89. The molecule has 0 aromatic heterocycles. The average Bonchev–Trinajstić information content (AvgIpc) is 2.88. The number of aliphatic carboxylic acids is 1. The molecule has 5 nitrogen and oxygen atoms in total. The summed E-state index contributed by atoms with van der Waals surface area (Å²) in [4.78, 5) is 35.2. The summed E-state index contributed by atoms with van der Waals surface area (Å²) < 4.78 is 30.2. The molecule has 2 N–H and O–H groups in total. The van der Waals surface area contributed by atoms with E-state index in [9.17, 15) is 19.5 Å². The van der Waals surface area contributed by atoms with Crippen LogP contribution in [0.15, 0.2) is 0 Å². The lowest BCUT2D eigenvalue weighted by atomic mass is 9.72. The summed E-state index contributed by atoms with van der Waals surface area (Å²) in [5, 5.41) is 19.1. The van der Waals surface area contributed by atoms with Crippen molar-refractivity contribution in [3.05, 3.63) is 0 Å². The maximum Gasteiger partial charge on any atom is 0.308 e. The molecule has 1 fully saturated rings. The van der Waals surface area contributed by atoms with Crippen LogP contribution in [0.3, 0.4) is 0 Å². The van der Waals surface area contributed by atoms with E-state index in [1.807, 2.05) is 0 Å². The van der Waals surface area contributed by atoms with E-state index < -0.39 is 41.5 Å². The van der Waals surface area contributed by atoms with E-state index in [4.69, 9.17) is 5.11 Å². The molecule has 0 aliphatic heterocycles. The van der Waals surface area contributed by atoms with Crippen LogP contribution < -0.4 is 0 Å². The lowest BCUT2D eigenvalue weighted by Crippen LogP contribution is -2.46. The lowest BCUT2D eigenvalue weighted by Gasteiger charge is -2.36. The fourth-order valence-electron chi connectivity index (χ4n) is 4.53. The molecule has 1 unspecified atom stereocenters. The van der Waals surface area contributed by atoms with Gasteiger partial charge >= 0.3 is 11.9 Å². The van der Waals surface area contributed by atoms with Gasteiger partial charge in [0.1, 0.15) is 5.78 Å². The molecule has 7 heteroatoms. The molecule has 1 saturated carbocycles. The van der Waals surface area contributed by atoms with Gasteiger partial charge in [-0.3, -0.25) is 14.4 Å². The van der Waals surface area contributed by atoms with Gasteiger partial charge in [-0.2, -0.15) is 8.78 Å². The third-order valence-corrected chi connectivity index (χ3v) is 5.89. The highest BCUT2D eigenvalue weighted by atomic mass is 19.3. The molecule has 0 saturated heterocycles. The van der Waals surface area contributed by atoms with Crippen molar-refractivity contribution in [3.63, 3.8) is 0 Å². The van der Waals surface area contributed by atoms with Crippen molar-refractivity contribution in [2.45, 2.75) is 97.0 Å². The predicted molar refractivity (Wildman–Crippen MR) is 106 cm³/mol. The van der Waals surface area contributed by atoms with E-state index in [1.54, 1.807) is 20.8 Å². The fraction of sp³-hybridized carbons (Fsp3) is 0.864. The molecular weight excluding hydrogens is 382 g/mol. The SMILES string of the molecule is CCCC(=O)C(F)(F)C(CC(C)C)[C@@H]1[C@H](O)CC(=O)[C@@H]1CCCCCCC(=O)O. The molecule has 1 aliphatic carbocycles. The van der Waals surface area contributed by atoms with E-state index in [0.29, 0.717) is 38.5 Å². The molecule has 0 amide bonds. The Labute approximate surface area is 172 Å². The van der Waals surface area contributed by atoms with Gasteiger partial charge in [0.05, 0.1) is 6.10 Å². The number of rotatable bonds is 14. The molecule has 1 aliphatic rings. The van der Waals surface area contributed by atoms with Crippen LogP contribution in [0, 0.1) is 23.7 Å². The molecule has 0 radical (unpaired) electrons. The van der Waals surface area contributed by atoms with Gasteiger partial charge in [0.25, 0.3) is 0 Å². The van der Waals surface area contributed by atoms with Crippen LogP contribution >= 0.6 is 0 Å². The number of carbonyl (C=O) groups excluding carboxylic acids is 2. The number of carbonyl (C=O) groups is 3. The smallest absolute Gasteiger partial charge is 0.308 e. The second-order valence-corrected chi connectivity index (χ2v) is 8.80. The van der Waals surface area contributed by atoms with E-state index in [1.165, 1.54) is 0 Å². The van der Waals surface area contributed by atoms with Gasteiger partial charge in [-0.25, -0.2) is 0 Å². The number of carboxylic acids is 1. The van der Waals surface area contributed by atoms with Gasteiger partial charge in [0.15, 0.2) is 0 Å². The number of carboxylic acid groups (broad SMARTS) is 1. The second-order valence-electron chi connectivity index (χ2n) is 8.80. The van der Waals surface area contributed by atoms with Gasteiger partial charge in [-0.05, 0) is 31.6 Å². The lowest BCUT2D eigenvalue weighted by molar-refractivity contribution is -0.162. The van der Waals surface area contributed by atoms with Crippen LogP contribution in [0.1, 0.15) is 85.0 Å². The van der Waals surface area contributed by atoms with Crippen molar-refractivity contribution < 1.29 is 33.4 Å². The molecular formula is C22H36F2O5. The van der Waals surface area contributed by atoms with Gasteiger partial charge < -0.3 is 10.2 Å². The number of halogens is 2. The Balaban J connectivity index is 2.91. The highest BCUT2D eigenvalue weighted by Crippen LogP contribution is 2.47. The van der Waals surface area contributed by atoms with Crippen molar-refractivity contribution in [3.8, 4) is 0 Å². The van der Waals surface area contributed by atoms with Crippen LogP contribution in [0.4, 0.5) is 8.78 Å². The summed E-state index contributed by atoms with van der Waals surface area (Å²) in [6, 6.07) is 0. The van der Waals surface area contributed by atoms with Crippen LogP contribution in [-0.2, 0) is 14.4 Å². The second kappa shape index (κ2) is 11.7. The maximum atomic E-state index is 15.1. The highest BCUT2D eigenvalue weighted by Gasteiger charge is 2.56. The Morgan fingerprint density at radius 3 is 2.31 bits per heavy atom. The van der Waals surface area contributed by atoms with Crippen molar-refractivity contribution in [1.29, 1.82) is 0 Å². The first-order chi connectivity index (χ1) is 13.5. The summed E-state index contributed by atoms with van der Waals surface area (Å²) in [6.07, 6.45) is 1.94. The fourth-order valence-corrected chi connectivity index (χ4v) is 4.53. The molecule has 0 spiro atoms. The summed E-state index contributed by atoms with van der Waals surface area (Å²) in [7, 11) is 0. The highest BCUT2D eigenvalue weighted by molar-refractivity contribution is 5.87. The number of alkyl halides is 2. The third kappa shape index (κ3) is 7.43. The zero-order chi connectivity index (χ0) is 22.2. The molecule has 168 valence electrons. The Morgan fingerprint density at radius 2 is 1.76 bits per heavy atom. The molecule has 0 aromatic carbocycles. The topological polar surface area (TPSA) is 91.7 Å². The Kier molecular flexibility index (Phi) is 10.4. The molecule has 4 atom stereocenters. The number of aliphatic hydroxyl groups is 1. The minimum absolute atomic E-state index is 0.0760. The van der Waals surface area contributed by atoms with Crippen molar-refractivity contribution in [1.82, 2.24) is 0 Å². The van der Waals surface area contributed by atoms with Crippen LogP contribution in [-0.4, -0.2) is 39.8 Å². The molecule has 29 heavy (non-hydrogen) atoms. The number of Topliss-reactive ketones (excluding diaryl/α,β-unsaturated/α-hetero) is 2. The summed E-state index contributed by atoms with van der Waals surface area (Å²) in [6.45, 7) is 5.27. The zero-order valence-electron chi connectivity index (χ0n) is 17.8. The van der Waals surface area contributed by atoms with Crippen molar-refractivity contribution >= 4 is 17.5 Å². The van der Waals surface area contributed by atoms with Crippen LogP contribution in [0.2, 0.25) is 0 Å². The number of hydrogen-bond acceptors (Lipinski definition) is 4. The minimum atomic E-state index is -3.56. The Bertz CT molecular complexity index is 561. The molecule has 0 heterocycles. The monoisotopic (exact) mass is 418 g/mol. The number of aliphatic hydroxyl groups excluding tert-OH is 1. The Morgan fingerprint density at radius 1 is 1.14 bits per heavy atom. The summed E-state index contributed by atoms with van der Waals surface area (Å²) >= 11 is 0. The summed E-state index contributed by atoms with van der Waals surface area (Å²) in [5.41, 5.74) is 0. The van der Waals surface area contributed by atoms with Gasteiger partial charge in [0.2, 0.25) is 5.78 Å². The van der Waals surface area contributed by atoms with E-state index >= 15 is 8.78 Å². The first-order valence-electron chi connectivity index (χ1n) is 10.9. The largest absolute Gasteiger partial charge is 0.481 e. The van der Waals surface area contributed by atoms with E-state index in [-0.39, 0.29) is 37.4 Å². The molecule has 0 aromatic rings. The van der Waals surface area contributed by atoms with Gasteiger partial charge in [-0.1, -0.05) is 40.0 Å². The first kappa shape index (κ1) is 25.7. The summed E-state index contributed by atoms with van der Waals surface area (Å²) in [5.74, 6) is -8.76. The van der Waals surface area contributed by atoms with Crippen molar-refractivity contribution in [2.24, 2.45) is 23.7 Å². The Hall–Kier alpha value is -1.37. The predicted octanol–water partition coefficient (Wildman–Crippen LogP) is 4.64. The van der Waals surface area contributed by atoms with E-state index in [2.05, 4.69) is 0 Å². The van der Waals surface area contributed by atoms with E-state index in [0.717, 1.165) is 0 Å². The minimum Gasteiger partial charge on any atom is -0.481 e. The average molecular weight is 419 g/mol. The zero-order valence-corrected chi connectivity index (χ0v) is 17.8. The number of ketones is 2.